The molecule has 9 nitrogen and oxygen atoms in total. The lowest BCUT2D eigenvalue weighted by Gasteiger charge is -2.29. The summed E-state index contributed by atoms with van der Waals surface area (Å²) in [6, 6.07) is 9.13. The lowest BCUT2D eigenvalue weighted by Crippen LogP contribution is -2.37. The number of aromatic amines is 1. The van der Waals surface area contributed by atoms with Crippen molar-refractivity contribution >= 4 is 57.8 Å². The van der Waals surface area contributed by atoms with Crippen LogP contribution in [0.3, 0.4) is 0 Å². The van der Waals surface area contributed by atoms with Gasteiger partial charge in [0, 0.05) is 5.69 Å². The van der Waals surface area contributed by atoms with Crippen LogP contribution in [0, 0.1) is 12.7 Å². The average molecular weight is 451 g/mol. The van der Waals surface area contributed by atoms with Gasteiger partial charge in [0.05, 0.1) is 26.9 Å². The number of thioether (sulfide) groups is 1. The molecule has 4 aromatic rings. The predicted molar refractivity (Wildman–Crippen MR) is 122 cm³/mol. The molecule has 0 aliphatic carbocycles. The fourth-order valence-corrected chi connectivity index (χ4v) is 4.27. The minimum Gasteiger partial charge on any atom is -0.342 e. The number of imidazole rings is 1. The van der Waals surface area contributed by atoms with Crippen LogP contribution in [0.1, 0.15) is 19.7 Å². The van der Waals surface area contributed by atoms with Crippen molar-refractivity contribution < 1.29 is 9.18 Å². The van der Waals surface area contributed by atoms with Crippen molar-refractivity contribution in [3.8, 4) is 0 Å². The quantitative estimate of drug-likeness (QED) is 0.359. The first-order valence-electron chi connectivity index (χ1n) is 9.81. The second-order valence-electron chi connectivity index (χ2n) is 7.80. The molecule has 0 unspecified atom stereocenters. The zero-order valence-electron chi connectivity index (χ0n) is 17.4. The van der Waals surface area contributed by atoms with E-state index < -0.39 is 10.6 Å². The van der Waals surface area contributed by atoms with E-state index in [2.05, 4.69) is 40.9 Å². The molecule has 0 radical (unpaired) electrons. The molecule has 1 amide bonds. The van der Waals surface area contributed by atoms with E-state index >= 15 is 0 Å². The Morgan fingerprint density at radius 2 is 1.94 bits per heavy atom. The number of nitrogens with one attached hydrogen (secondary N) is 4. The zero-order valence-corrected chi connectivity index (χ0v) is 18.3. The number of H-pyrrole nitrogens is 1. The van der Waals surface area contributed by atoms with Crippen molar-refractivity contribution in [2.75, 3.05) is 16.0 Å². The Balaban J connectivity index is 1.38. The summed E-state index contributed by atoms with van der Waals surface area (Å²) >= 11 is 1.43. The summed E-state index contributed by atoms with van der Waals surface area (Å²) in [6.45, 7) is 5.57. The molecule has 0 fully saturated rings. The Hall–Kier alpha value is -3.73. The van der Waals surface area contributed by atoms with Crippen LogP contribution in [0.2, 0.25) is 0 Å². The molecule has 4 heterocycles. The molecule has 0 spiro atoms. The number of anilines is 5. The molecule has 1 aliphatic rings. The van der Waals surface area contributed by atoms with E-state index in [9.17, 15) is 9.18 Å². The number of hydrogen-bond acceptors (Lipinski definition) is 8. The Morgan fingerprint density at radius 1 is 1.09 bits per heavy atom. The molecule has 0 bridgehead atoms. The Kier molecular flexibility index (Phi) is 4.70. The summed E-state index contributed by atoms with van der Waals surface area (Å²) < 4.78 is 13.8. The highest BCUT2D eigenvalue weighted by atomic mass is 32.2. The number of hydrogen-bond donors (Lipinski definition) is 4. The van der Waals surface area contributed by atoms with Crippen molar-refractivity contribution in [2.24, 2.45) is 0 Å². The van der Waals surface area contributed by atoms with Crippen LogP contribution in [0.15, 0.2) is 41.4 Å². The number of amides is 1. The molecule has 1 aromatic carbocycles. The van der Waals surface area contributed by atoms with Crippen LogP contribution in [-0.4, -0.2) is 35.6 Å². The molecule has 3 aromatic heterocycles. The van der Waals surface area contributed by atoms with Crippen LogP contribution in [0.4, 0.5) is 33.5 Å². The molecular weight excluding hydrogens is 431 g/mol. The number of nitrogens with zero attached hydrogens (tertiary/aromatic N) is 4. The predicted octanol–water partition coefficient (Wildman–Crippen LogP) is 4.51. The lowest BCUT2D eigenvalue weighted by atomic mass is 10.2. The van der Waals surface area contributed by atoms with Crippen LogP contribution < -0.4 is 16.0 Å². The molecule has 11 heteroatoms. The van der Waals surface area contributed by atoms with Crippen molar-refractivity contribution in [1.29, 1.82) is 0 Å². The summed E-state index contributed by atoms with van der Waals surface area (Å²) in [5.41, 5.74) is 2.45. The smallest absolute Gasteiger partial charge is 0.241 e. The normalized spacial score (nSPS) is 14.7. The third kappa shape index (κ3) is 3.82. The Labute approximate surface area is 186 Å². The molecule has 1 aliphatic heterocycles. The van der Waals surface area contributed by atoms with Crippen molar-refractivity contribution in [1.82, 2.24) is 24.9 Å². The van der Waals surface area contributed by atoms with E-state index in [0.29, 0.717) is 11.6 Å². The number of pyridine rings is 1. The maximum absolute atomic E-state index is 14.4. The SMILES string of the molecule is Cc1nc2ccc(Nc3ncc(F)c(Nc4ccc5c(n4)NC(=O)C(C)(C)S5)n3)cc2[nH]1. The van der Waals surface area contributed by atoms with Crippen LogP contribution in [0.25, 0.3) is 11.0 Å². The standard InChI is InChI=1S/C21H19FN8OS/c1-10-24-13-5-4-11(8-14(13)25-10)26-20-23-9-12(22)17(30-20)27-16-7-6-15-18(28-16)29-19(31)21(2,3)32-15/h4-9H,1-3H3,(H,24,25)(H3,23,26,27,28,29,30,31). The van der Waals surface area contributed by atoms with Gasteiger partial charge in [0.1, 0.15) is 17.5 Å². The molecule has 5 rings (SSSR count). The van der Waals surface area contributed by atoms with Gasteiger partial charge < -0.3 is 20.9 Å². The van der Waals surface area contributed by atoms with E-state index in [-0.39, 0.29) is 17.7 Å². The van der Waals surface area contributed by atoms with Crippen LogP contribution in [0.5, 0.6) is 0 Å². The summed E-state index contributed by atoms with van der Waals surface area (Å²) in [4.78, 5) is 33.2. The maximum Gasteiger partial charge on any atom is 0.241 e. The summed E-state index contributed by atoms with van der Waals surface area (Å²) in [7, 11) is 0. The topological polar surface area (TPSA) is 121 Å². The molecule has 0 saturated carbocycles. The van der Waals surface area contributed by atoms with Gasteiger partial charge in [-0.15, -0.1) is 11.8 Å². The van der Waals surface area contributed by atoms with Crippen LogP contribution in [-0.2, 0) is 4.79 Å². The summed E-state index contributed by atoms with van der Waals surface area (Å²) in [5, 5.41) is 8.72. The van der Waals surface area contributed by atoms with Crippen molar-refractivity contribution in [2.45, 2.75) is 30.4 Å². The molecule has 32 heavy (non-hydrogen) atoms. The van der Waals surface area contributed by atoms with E-state index in [4.69, 9.17) is 0 Å². The second kappa shape index (κ2) is 7.45. The number of benzene rings is 1. The van der Waals surface area contributed by atoms with Crippen LogP contribution >= 0.6 is 11.8 Å². The molecule has 162 valence electrons. The van der Waals surface area contributed by atoms with E-state index in [1.807, 2.05) is 45.0 Å². The number of halogens is 1. The summed E-state index contributed by atoms with van der Waals surface area (Å²) in [6.07, 6.45) is 1.08. The van der Waals surface area contributed by atoms with E-state index in [1.165, 1.54) is 11.8 Å². The highest BCUT2D eigenvalue weighted by Gasteiger charge is 2.35. The van der Waals surface area contributed by atoms with Gasteiger partial charge in [0.25, 0.3) is 0 Å². The molecule has 0 saturated heterocycles. The van der Waals surface area contributed by atoms with Gasteiger partial charge in [-0.3, -0.25) is 4.79 Å². The number of carbonyl (C=O) groups excluding carboxylic acids is 1. The average Bonchev–Trinajstić information content (AvgIpc) is 3.11. The molecular formula is C21H19FN8OS. The number of aryl methyl sites for hydroxylation is 1. The maximum atomic E-state index is 14.4. The van der Waals surface area contributed by atoms with E-state index in [0.717, 1.165) is 33.6 Å². The third-order valence-corrected chi connectivity index (χ3v) is 6.09. The van der Waals surface area contributed by atoms with Gasteiger partial charge >= 0.3 is 0 Å². The zero-order chi connectivity index (χ0) is 22.5. The van der Waals surface area contributed by atoms with E-state index in [1.54, 1.807) is 6.07 Å². The largest absolute Gasteiger partial charge is 0.342 e. The van der Waals surface area contributed by atoms with Gasteiger partial charge in [-0.1, -0.05) is 0 Å². The first-order valence-corrected chi connectivity index (χ1v) is 10.6. The highest BCUT2D eigenvalue weighted by Crippen LogP contribution is 2.41. The first-order chi connectivity index (χ1) is 15.3. The fraction of sp³-hybridized carbons (Fsp3) is 0.190. The number of fused-ring (bicyclic) bond motifs is 2. The van der Waals surface area contributed by atoms with Crippen molar-refractivity contribution in [3.05, 3.63) is 48.2 Å². The Morgan fingerprint density at radius 3 is 2.78 bits per heavy atom. The second-order valence-corrected chi connectivity index (χ2v) is 9.47. The minimum atomic E-state index is -0.630. The first kappa shape index (κ1) is 20.2. The van der Waals surface area contributed by atoms with Gasteiger partial charge in [0.2, 0.25) is 11.9 Å². The van der Waals surface area contributed by atoms with Gasteiger partial charge in [-0.2, -0.15) is 4.98 Å². The fourth-order valence-electron chi connectivity index (χ4n) is 3.25. The number of carbonyl (C=O) groups is 1. The monoisotopic (exact) mass is 450 g/mol. The number of aromatic nitrogens is 5. The van der Waals surface area contributed by atoms with Gasteiger partial charge in [-0.05, 0) is 51.1 Å². The lowest BCUT2D eigenvalue weighted by molar-refractivity contribution is -0.117. The highest BCUT2D eigenvalue weighted by molar-refractivity contribution is 8.01. The summed E-state index contributed by atoms with van der Waals surface area (Å²) in [5.74, 6) is 1.01. The Bertz CT molecular complexity index is 1370. The number of rotatable bonds is 4. The third-order valence-electron chi connectivity index (χ3n) is 4.85. The molecule has 0 atom stereocenters. The van der Waals surface area contributed by atoms with Gasteiger partial charge in [-0.25, -0.2) is 19.3 Å². The van der Waals surface area contributed by atoms with Gasteiger partial charge in [0.15, 0.2) is 11.6 Å². The van der Waals surface area contributed by atoms with Crippen molar-refractivity contribution in [3.63, 3.8) is 0 Å². The molecule has 4 N–H and O–H groups in total. The minimum absolute atomic E-state index is 0.0384.